The summed E-state index contributed by atoms with van der Waals surface area (Å²) in [5.74, 6) is 0. The molecule has 0 radical (unpaired) electrons. The van der Waals surface area contributed by atoms with Gasteiger partial charge in [0.1, 0.15) is 12.3 Å². The molecule has 0 saturated heterocycles. The minimum Gasteiger partial charge on any atom is -0.349 e. The van der Waals surface area contributed by atoms with Crippen LogP contribution < -0.4 is 0 Å². The van der Waals surface area contributed by atoms with Gasteiger partial charge in [-0.15, -0.1) is 0 Å². The van der Waals surface area contributed by atoms with Crippen molar-refractivity contribution in [2.24, 2.45) is 7.05 Å². The molecule has 2 aromatic carbocycles. The molecule has 0 aliphatic carbocycles. The average Bonchev–Trinajstić information content (AvgIpc) is 3.11. The third-order valence-corrected chi connectivity index (χ3v) is 4.78. The summed E-state index contributed by atoms with van der Waals surface area (Å²) in [6, 6.07) is 22.9. The van der Waals surface area contributed by atoms with E-state index in [1.807, 2.05) is 42.2 Å². The molecule has 0 saturated carbocycles. The predicted molar refractivity (Wildman–Crippen MR) is 105 cm³/mol. The molecule has 3 aromatic rings. The molecule has 2 unspecified atom stereocenters. The van der Waals surface area contributed by atoms with Crippen LogP contribution in [0.5, 0.6) is 0 Å². The molecule has 0 N–H and O–H groups in total. The average molecular weight is 349 g/mol. The fourth-order valence-electron chi connectivity index (χ4n) is 3.02. The van der Waals surface area contributed by atoms with Gasteiger partial charge < -0.3 is 4.74 Å². The molecule has 2 atom stereocenters. The number of aryl methyl sites for hydroxylation is 1. The summed E-state index contributed by atoms with van der Waals surface area (Å²) in [7, 11) is 4.07. The standard InChI is InChI=1S/C22H27N3O/c1-18(24(2)17-15-19-10-6-4-7-11-19)26-22(20-12-8-5-9-13-20)21-14-16-23-25(21)3/h4-14,16,18,22H,15,17H2,1-3H3. The lowest BCUT2D eigenvalue weighted by Gasteiger charge is -2.29. The van der Waals surface area contributed by atoms with Gasteiger partial charge >= 0.3 is 0 Å². The number of likely N-dealkylation sites (N-methyl/N-ethyl adjacent to an activating group) is 1. The van der Waals surface area contributed by atoms with Crippen molar-refractivity contribution >= 4 is 0 Å². The Labute approximate surface area is 156 Å². The van der Waals surface area contributed by atoms with Crippen LogP contribution in [0.4, 0.5) is 0 Å². The van der Waals surface area contributed by atoms with Crippen LogP contribution in [0.2, 0.25) is 0 Å². The lowest BCUT2D eigenvalue weighted by Crippen LogP contribution is -2.34. The van der Waals surface area contributed by atoms with E-state index in [1.54, 1.807) is 0 Å². The molecule has 0 spiro atoms. The first-order chi connectivity index (χ1) is 12.6. The van der Waals surface area contributed by atoms with E-state index in [1.165, 1.54) is 5.56 Å². The van der Waals surface area contributed by atoms with Crippen molar-refractivity contribution in [1.82, 2.24) is 14.7 Å². The molecule has 3 rings (SSSR count). The molecule has 136 valence electrons. The van der Waals surface area contributed by atoms with Crippen molar-refractivity contribution in [2.45, 2.75) is 25.7 Å². The van der Waals surface area contributed by atoms with E-state index in [-0.39, 0.29) is 12.3 Å². The molecular weight excluding hydrogens is 322 g/mol. The number of nitrogens with zero attached hydrogens (tertiary/aromatic N) is 3. The lowest BCUT2D eigenvalue weighted by molar-refractivity contribution is -0.0684. The molecule has 0 amide bonds. The summed E-state index contributed by atoms with van der Waals surface area (Å²) in [6.45, 7) is 3.05. The second kappa shape index (κ2) is 8.79. The maximum atomic E-state index is 6.48. The van der Waals surface area contributed by atoms with E-state index in [0.717, 1.165) is 24.2 Å². The minimum atomic E-state index is -0.141. The van der Waals surface area contributed by atoms with E-state index in [9.17, 15) is 0 Å². The maximum absolute atomic E-state index is 6.48. The number of ether oxygens (including phenoxy) is 1. The van der Waals surface area contributed by atoms with Gasteiger partial charge in [0.25, 0.3) is 0 Å². The Hall–Kier alpha value is -2.43. The zero-order valence-corrected chi connectivity index (χ0v) is 15.7. The van der Waals surface area contributed by atoms with Crippen LogP contribution in [0.3, 0.4) is 0 Å². The topological polar surface area (TPSA) is 30.3 Å². The van der Waals surface area contributed by atoms with Gasteiger partial charge in [0.2, 0.25) is 0 Å². The summed E-state index contributed by atoms with van der Waals surface area (Å²) in [5, 5.41) is 4.31. The van der Waals surface area contributed by atoms with Crippen LogP contribution in [0, 0.1) is 0 Å². The first kappa shape index (κ1) is 18.4. The third kappa shape index (κ3) is 4.59. The maximum Gasteiger partial charge on any atom is 0.126 e. The van der Waals surface area contributed by atoms with Crippen molar-refractivity contribution < 1.29 is 4.74 Å². The number of hydrogen-bond donors (Lipinski definition) is 0. The number of benzene rings is 2. The highest BCUT2D eigenvalue weighted by atomic mass is 16.5. The highest BCUT2D eigenvalue weighted by Crippen LogP contribution is 2.27. The predicted octanol–water partition coefficient (Wildman–Crippen LogP) is 4.05. The molecule has 1 aromatic heterocycles. The number of hydrogen-bond acceptors (Lipinski definition) is 3. The Balaban J connectivity index is 1.69. The van der Waals surface area contributed by atoms with Gasteiger partial charge in [-0.1, -0.05) is 60.7 Å². The molecular formula is C22H27N3O. The molecule has 4 nitrogen and oxygen atoms in total. The lowest BCUT2D eigenvalue weighted by atomic mass is 10.1. The summed E-state index contributed by atoms with van der Waals surface area (Å²) in [6.07, 6.45) is 2.67. The Morgan fingerprint density at radius 3 is 2.27 bits per heavy atom. The van der Waals surface area contributed by atoms with Crippen molar-refractivity contribution in [3.8, 4) is 0 Å². The van der Waals surface area contributed by atoms with Crippen LogP contribution in [-0.4, -0.2) is 34.5 Å². The van der Waals surface area contributed by atoms with E-state index < -0.39 is 0 Å². The second-order valence-corrected chi connectivity index (χ2v) is 6.62. The SMILES string of the molecule is CC(OC(c1ccccc1)c1ccnn1C)N(C)CCc1ccccc1. The number of rotatable bonds is 8. The molecule has 0 fully saturated rings. The van der Waals surface area contributed by atoms with Gasteiger partial charge in [-0.25, -0.2) is 0 Å². The van der Waals surface area contributed by atoms with Gasteiger partial charge in [0.05, 0.1) is 5.69 Å². The van der Waals surface area contributed by atoms with Crippen molar-refractivity contribution in [2.75, 3.05) is 13.6 Å². The number of aromatic nitrogens is 2. The van der Waals surface area contributed by atoms with E-state index >= 15 is 0 Å². The first-order valence-electron chi connectivity index (χ1n) is 9.07. The summed E-state index contributed by atoms with van der Waals surface area (Å²) in [5.41, 5.74) is 3.54. The van der Waals surface area contributed by atoms with Gasteiger partial charge in [-0.05, 0) is 37.6 Å². The third-order valence-electron chi connectivity index (χ3n) is 4.78. The van der Waals surface area contributed by atoms with Gasteiger partial charge in [0, 0.05) is 19.8 Å². The minimum absolute atomic E-state index is 0.0150. The molecule has 0 bridgehead atoms. The van der Waals surface area contributed by atoms with Gasteiger partial charge in [-0.2, -0.15) is 5.10 Å². The zero-order chi connectivity index (χ0) is 18.4. The molecule has 1 heterocycles. The summed E-state index contributed by atoms with van der Waals surface area (Å²) in [4.78, 5) is 2.25. The van der Waals surface area contributed by atoms with Crippen LogP contribution in [0.15, 0.2) is 72.9 Å². The Kier molecular flexibility index (Phi) is 6.21. The Morgan fingerprint density at radius 2 is 1.65 bits per heavy atom. The zero-order valence-electron chi connectivity index (χ0n) is 15.7. The van der Waals surface area contributed by atoms with Crippen LogP contribution in [0.25, 0.3) is 0 Å². The highest BCUT2D eigenvalue weighted by Gasteiger charge is 2.22. The summed E-state index contributed by atoms with van der Waals surface area (Å²) >= 11 is 0. The normalized spacial score (nSPS) is 13.7. The Bertz CT molecular complexity index is 785. The van der Waals surface area contributed by atoms with Crippen molar-refractivity contribution in [3.05, 3.63) is 89.7 Å². The molecule has 4 heteroatoms. The van der Waals surface area contributed by atoms with E-state index in [2.05, 4.69) is 66.4 Å². The Morgan fingerprint density at radius 1 is 1.00 bits per heavy atom. The second-order valence-electron chi connectivity index (χ2n) is 6.62. The monoisotopic (exact) mass is 349 g/mol. The van der Waals surface area contributed by atoms with Gasteiger partial charge in [-0.3, -0.25) is 9.58 Å². The van der Waals surface area contributed by atoms with Crippen molar-refractivity contribution in [1.29, 1.82) is 0 Å². The van der Waals surface area contributed by atoms with Crippen molar-refractivity contribution in [3.63, 3.8) is 0 Å². The fraction of sp³-hybridized carbons (Fsp3) is 0.318. The van der Waals surface area contributed by atoms with Crippen LogP contribution in [0.1, 0.15) is 29.8 Å². The highest BCUT2D eigenvalue weighted by molar-refractivity contribution is 5.25. The largest absolute Gasteiger partial charge is 0.349 e. The molecule has 26 heavy (non-hydrogen) atoms. The first-order valence-corrected chi connectivity index (χ1v) is 9.07. The van der Waals surface area contributed by atoms with Crippen LogP contribution >= 0.6 is 0 Å². The smallest absolute Gasteiger partial charge is 0.126 e. The fourth-order valence-corrected chi connectivity index (χ4v) is 3.02. The quantitative estimate of drug-likeness (QED) is 0.575. The van der Waals surface area contributed by atoms with Gasteiger partial charge in [0.15, 0.2) is 0 Å². The molecule has 0 aliphatic rings. The van der Waals surface area contributed by atoms with Crippen LogP contribution in [-0.2, 0) is 18.2 Å². The molecule has 0 aliphatic heterocycles. The summed E-state index contributed by atoms with van der Waals surface area (Å²) < 4.78 is 8.36. The van der Waals surface area contributed by atoms with E-state index in [0.29, 0.717) is 0 Å². The van der Waals surface area contributed by atoms with E-state index in [4.69, 9.17) is 4.74 Å².